The van der Waals surface area contributed by atoms with Gasteiger partial charge in [0.25, 0.3) is 0 Å². The van der Waals surface area contributed by atoms with E-state index in [0.717, 1.165) is 25.7 Å². The first kappa shape index (κ1) is 13.1. The van der Waals surface area contributed by atoms with Crippen molar-refractivity contribution in [3.8, 4) is 0 Å². The van der Waals surface area contributed by atoms with Crippen LogP contribution in [0.2, 0.25) is 0 Å². The summed E-state index contributed by atoms with van der Waals surface area (Å²) in [5.74, 6) is 0.628. The summed E-state index contributed by atoms with van der Waals surface area (Å²) in [7, 11) is 0. The van der Waals surface area contributed by atoms with Gasteiger partial charge in [-0.25, -0.2) is 0 Å². The molecule has 2 saturated carbocycles. The quantitative estimate of drug-likeness (QED) is 0.690. The number of hydrogen-bond acceptors (Lipinski definition) is 2. The van der Waals surface area contributed by atoms with Gasteiger partial charge in [-0.15, -0.1) is 0 Å². The second-order valence-corrected chi connectivity index (χ2v) is 6.84. The van der Waals surface area contributed by atoms with Crippen molar-refractivity contribution in [1.82, 2.24) is 0 Å². The molecule has 5 unspecified atom stereocenters. The van der Waals surface area contributed by atoms with Crippen molar-refractivity contribution >= 4 is 0 Å². The molecule has 2 aliphatic rings. The number of aliphatic hydroxyl groups excluding tert-OH is 1. The van der Waals surface area contributed by atoms with Crippen LogP contribution in [-0.2, 0) is 0 Å². The molecule has 98 valence electrons. The van der Waals surface area contributed by atoms with Gasteiger partial charge in [0.15, 0.2) is 0 Å². The van der Waals surface area contributed by atoms with Crippen LogP contribution in [0.25, 0.3) is 0 Å². The van der Waals surface area contributed by atoms with E-state index in [1.54, 1.807) is 0 Å². The monoisotopic (exact) mass is 238 g/mol. The van der Waals surface area contributed by atoms with E-state index in [0.29, 0.717) is 5.92 Å². The highest BCUT2D eigenvalue weighted by Gasteiger charge is 2.58. The van der Waals surface area contributed by atoms with E-state index in [9.17, 15) is 10.2 Å². The molecule has 2 N–H and O–H groups in total. The zero-order valence-electron chi connectivity index (χ0n) is 11.5. The highest BCUT2D eigenvalue weighted by molar-refractivity contribution is 5.14. The van der Waals surface area contributed by atoms with Crippen molar-refractivity contribution in [3.05, 3.63) is 11.6 Å². The van der Waals surface area contributed by atoms with Gasteiger partial charge in [-0.1, -0.05) is 18.6 Å². The van der Waals surface area contributed by atoms with Gasteiger partial charge in [0.05, 0.1) is 11.7 Å². The number of fused-ring (bicyclic) bond motifs is 1. The number of hydrogen-bond donors (Lipinski definition) is 2. The molecular formula is C15H26O2. The Kier molecular flexibility index (Phi) is 3.16. The average molecular weight is 238 g/mol. The molecule has 0 spiro atoms. The van der Waals surface area contributed by atoms with Crippen LogP contribution in [0.1, 0.15) is 53.4 Å². The van der Waals surface area contributed by atoms with Crippen LogP contribution in [0.4, 0.5) is 0 Å². The standard InChI is InChI=1S/C15H26O2/c1-10(2)9-11-5-7-14(3)12(16)6-8-15(4,17)13(11)14/h9,11-13,16-17H,5-8H2,1-4H3. The van der Waals surface area contributed by atoms with Crippen molar-refractivity contribution in [2.75, 3.05) is 0 Å². The van der Waals surface area contributed by atoms with Gasteiger partial charge in [-0.05, 0) is 57.8 Å². The smallest absolute Gasteiger partial charge is 0.0660 e. The zero-order chi connectivity index (χ0) is 12.8. The van der Waals surface area contributed by atoms with Crippen LogP contribution in [0.3, 0.4) is 0 Å². The number of rotatable bonds is 1. The summed E-state index contributed by atoms with van der Waals surface area (Å²) in [6.07, 6.45) is 5.64. The predicted molar refractivity (Wildman–Crippen MR) is 69.6 cm³/mol. The lowest BCUT2D eigenvalue weighted by atomic mass is 9.59. The van der Waals surface area contributed by atoms with Crippen molar-refractivity contribution in [2.24, 2.45) is 17.3 Å². The third kappa shape index (κ3) is 2.06. The first-order chi connectivity index (χ1) is 7.77. The van der Waals surface area contributed by atoms with Crippen molar-refractivity contribution in [2.45, 2.75) is 65.1 Å². The van der Waals surface area contributed by atoms with E-state index < -0.39 is 5.60 Å². The van der Waals surface area contributed by atoms with E-state index in [1.165, 1.54) is 5.57 Å². The molecule has 5 atom stereocenters. The Morgan fingerprint density at radius 2 is 1.82 bits per heavy atom. The Labute approximate surface area is 105 Å². The Bertz CT molecular complexity index is 328. The van der Waals surface area contributed by atoms with Crippen molar-refractivity contribution in [3.63, 3.8) is 0 Å². The lowest BCUT2D eigenvalue weighted by Gasteiger charge is -2.50. The predicted octanol–water partition coefficient (Wildman–Crippen LogP) is 2.89. The third-order valence-corrected chi connectivity index (χ3v) is 5.06. The molecule has 0 aliphatic heterocycles. The highest BCUT2D eigenvalue weighted by atomic mass is 16.3. The maximum Gasteiger partial charge on any atom is 0.0660 e. The van der Waals surface area contributed by atoms with Gasteiger partial charge >= 0.3 is 0 Å². The lowest BCUT2D eigenvalue weighted by Crippen LogP contribution is -2.53. The van der Waals surface area contributed by atoms with Crippen LogP contribution in [0.15, 0.2) is 11.6 Å². The van der Waals surface area contributed by atoms with Gasteiger partial charge < -0.3 is 10.2 Å². The minimum Gasteiger partial charge on any atom is -0.393 e. The van der Waals surface area contributed by atoms with Crippen LogP contribution in [0, 0.1) is 17.3 Å². The second kappa shape index (κ2) is 4.10. The van der Waals surface area contributed by atoms with Crippen molar-refractivity contribution < 1.29 is 10.2 Å². The van der Waals surface area contributed by atoms with E-state index in [4.69, 9.17) is 0 Å². The van der Waals surface area contributed by atoms with Crippen molar-refractivity contribution in [1.29, 1.82) is 0 Å². The molecule has 2 rings (SSSR count). The maximum absolute atomic E-state index is 10.7. The Morgan fingerprint density at radius 1 is 1.18 bits per heavy atom. The average Bonchev–Trinajstić information content (AvgIpc) is 2.52. The molecule has 0 saturated heterocycles. The molecule has 2 aliphatic carbocycles. The topological polar surface area (TPSA) is 40.5 Å². The molecular weight excluding hydrogens is 212 g/mol. The molecule has 17 heavy (non-hydrogen) atoms. The summed E-state index contributed by atoms with van der Waals surface area (Å²) >= 11 is 0. The molecule has 0 aromatic carbocycles. The lowest BCUT2D eigenvalue weighted by molar-refractivity contribution is -0.143. The van der Waals surface area contributed by atoms with E-state index in [2.05, 4.69) is 26.8 Å². The van der Waals surface area contributed by atoms with Gasteiger partial charge in [0.2, 0.25) is 0 Å². The second-order valence-electron chi connectivity index (χ2n) is 6.84. The van der Waals surface area contributed by atoms with Crippen LogP contribution < -0.4 is 0 Å². The summed E-state index contributed by atoms with van der Waals surface area (Å²) in [6, 6.07) is 0. The third-order valence-electron chi connectivity index (χ3n) is 5.06. The summed E-state index contributed by atoms with van der Waals surface area (Å²) in [5.41, 5.74) is 0.592. The Morgan fingerprint density at radius 3 is 2.41 bits per heavy atom. The summed E-state index contributed by atoms with van der Waals surface area (Å²) < 4.78 is 0. The molecule has 0 amide bonds. The number of aliphatic hydroxyl groups is 2. The van der Waals surface area contributed by atoms with Gasteiger partial charge in [-0.3, -0.25) is 0 Å². The van der Waals surface area contributed by atoms with Gasteiger partial charge in [0.1, 0.15) is 0 Å². The molecule has 0 radical (unpaired) electrons. The first-order valence-electron chi connectivity index (χ1n) is 6.83. The molecule has 2 heteroatoms. The van der Waals surface area contributed by atoms with Crippen LogP contribution >= 0.6 is 0 Å². The minimum atomic E-state index is -0.624. The first-order valence-corrected chi connectivity index (χ1v) is 6.83. The molecule has 2 nitrogen and oxygen atoms in total. The summed E-state index contributed by atoms with van der Waals surface area (Å²) in [5, 5.41) is 21.0. The zero-order valence-corrected chi connectivity index (χ0v) is 11.5. The fourth-order valence-electron chi connectivity index (χ4n) is 4.36. The molecule has 2 fully saturated rings. The maximum atomic E-state index is 10.7. The molecule has 0 aromatic heterocycles. The van der Waals surface area contributed by atoms with Gasteiger partial charge in [0, 0.05) is 5.92 Å². The van der Waals surface area contributed by atoms with E-state index in [1.807, 2.05) is 6.92 Å². The molecule has 0 bridgehead atoms. The Hall–Kier alpha value is -0.340. The molecule has 0 heterocycles. The molecule has 0 aromatic rings. The van der Waals surface area contributed by atoms with Crippen LogP contribution in [0.5, 0.6) is 0 Å². The highest BCUT2D eigenvalue weighted by Crippen LogP contribution is 2.58. The van der Waals surface area contributed by atoms with Crippen LogP contribution in [-0.4, -0.2) is 21.9 Å². The fourth-order valence-corrected chi connectivity index (χ4v) is 4.36. The Balaban J connectivity index is 2.35. The minimum absolute atomic E-state index is 0.0988. The number of allylic oxidation sites excluding steroid dienone is 2. The van der Waals surface area contributed by atoms with Gasteiger partial charge in [-0.2, -0.15) is 0 Å². The largest absolute Gasteiger partial charge is 0.393 e. The van der Waals surface area contributed by atoms with E-state index in [-0.39, 0.29) is 17.4 Å². The van der Waals surface area contributed by atoms with E-state index >= 15 is 0 Å². The summed E-state index contributed by atoms with van der Waals surface area (Å²) in [4.78, 5) is 0. The SMILES string of the molecule is CC(C)=CC1CCC2(C)C(O)CCC(C)(O)C12. The summed E-state index contributed by atoms with van der Waals surface area (Å²) in [6.45, 7) is 8.35. The fraction of sp³-hybridized carbons (Fsp3) is 0.867. The normalized spacial score (nSPS) is 49.9.